The molecule has 2 aliphatic heterocycles. The topological polar surface area (TPSA) is 215 Å². The Morgan fingerprint density at radius 3 is 2.19 bits per heavy atom. The smallest absolute Gasteiger partial charge is 0.472 e. The maximum absolute atomic E-state index is 13.4. The number of methoxy groups -OCH3 is 1. The first kappa shape index (κ1) is 49.3. The second kappa shape index (κ2) is 24.4. The van der Waals surface area contributed by atoms with Gasteiger partial charge in [0.2, 0.25) is 5.60 Å². The van der Waals surface area contributed by atoms with E-state index < -0.39 is 50.2 Å². The van der Waals surface area contributed by atoms with Gasteiger partial charge < -0.3 is 39.0 Å². The van der Waals surface area contributed by atoms with Gasteiger partial charge in [-0.1, -0.05) is 109 Å². The zero-order valence-corrected chi connectivity index (χ0v) is 37.9. The molecule has 4 heterocycles. The number of fused-ring (bicyclic) bond motifs is 2. The Kier molecular flexibility index (Phi) is 19.4. The molecule has 342 valence electrons. The summed E-state index contributed by atoms with van der Waals surface area (Å²) < 4.78 is 61.9. The van der Waals surface area contributed by atoms with Crippen LogP contribution in [0.4, 0.5) is 5.82 Å². The summed E-state index contributed by atoms with van der Waals surface area (Å²) in [5, 5.41) is 24.4. The number of ether oxygens (including phenoxy) is 6. The second-order valence-electron chi connectivity index (χ2n) is 16.8. The van der Waals surface area contributed by atoms with Gasteiger partial charge in [-0.2, -0.15) is 15.6 Å². The van der Waals surface area contributed by atoms with Crippen LogP contribution in [0.1, 0.15) is 146 Å². The van der Waals surface area contributed by atoms with Crippen molar-refractivity contribution in [3.05, 3.63) is 53.5 Å². The predicted molar refractivity (Wildman–Crippen MR) is 232 cm³/mol. The highest BCUT2D eigenvalue weighted by Gasteiger charge is 2.65. The molecule has 3 aromatic rings. The van der Waals surface area contributed by atoms with E-state index in [1.54, 1.807) is 48.7 Å². The number of aromatic nitrogens is 3. The molecular weight excluding hydrogens is 816 g/mol. The number of phosphoric ester groups is 1. The van der Waals surface area contributed by atoms with Gasteiger partial charge in [-0.05, 0) is 50.1 Å². The molecule has 62 heavy (non-hydrogen) atoms. The third-order valence-corrected chi connectivity index (χ3v) is 12.3. The van der Waals surface area contributed by atoms with Gasteiger partial charge >= 0.3 is 7.82 Å². The van der Waals surface area contributed by atoms with E-state index in [-0.39, 0.29) is 25.6 Å². The van der Waals surface area contributed by atoms with Gasteiger partial charge in [-0.3, -0.25) is 9.05 Å². The van der Waals surface area contributed by atoms with Crippen molar-refractivity contribution in [2.45, 2.75) is 166 Å². The van der Waals surface area contributed by atoms with E-state index in [2.05, 4.69) is 29.1 Å². The number of nitrogen functional groups attached to an aromatic ring is 1. The molecular formula is C45H67N6O10P. The van der Waals surface area contributed by atoms with Gasteiger partial charge in [0.25, 0.3) is 0 Å². The maximum Gasteiger partial charge on any atom is 0.472 e. The summed E-state index contributed by atoms with van der Waals surface area (Å²) in [5.74, 6) is -0.412. The summed E-state index contributed by atoms with van der Waals surface area (Å²) in [5.41, 5.74) is 6.28. The molecule has 0 aliphatic carbocycles. The molecule has 5 rings (SSSR count). The first-order valence-electron chi connectivity index (χ1n) is 22.4. The Morgan fingerprint density at radius 2 is 1.56 bits per heavy atom. The minimum atomic E-state index is -4.81. The van der Waals surface area contributed by atoms with E-state index in [1.165, 1.54) is 96.9 Å². The van der Waals surface area contributed by atoms with Crippen LogP contribution in [0.3, 0.4) is 0 Å². The number of benzene rings is 1. The van der Waals surface area contributed by atoms with E-state index in [1.807, 2.05) is 0 Å². The SMILES string of the molecule is CCCCCCCCCCCCCCCCCCOC[C@H](COP(=O)(O)OC[C@@]1(C#N)O[C@@H](c2ccc3c(N)ncnn23)[C@@H]2OC(C)(C)O[C@@H]21)OCc1ccc(OC)c(C#N)c1. The molecule has 0 radical (unpaired) electrons. The van der Waals surface area contributed by atoms with Crippen LogP contribution in [0, 0.1) is 22.7 Å². The van der Waals surface area contributed by atoms with Crippen LogP contribution in [-0.2, 0) is 43.9 Å². The number of hydrogen-bond donors (Lipinski definition) is 2. The fourth-order valence-corrected chi connectivity index (χ4v) is 8.82. The molecule has 0 amide bonds. The molecule has 2 fully saturated rings. The number of hydrogen-bond acceptors (Lipinski definition) is 14. The fourth-order valence-electron chi connectivity index (χ4n) is 8.04. The normalized spacial score (nSPS) is 22.0. The van der Waals surface area contributed by atoms with Crippen molar-refractivity contribution in [3.63, 3.8) is 0 Å². The monoisotopic (exact) mass is 882 g/mol. The number of nitrogens with two attached hydrogens (primary N) is 1. The average Bonchev–Trinajstić information content (AvgIpc) is 3.93. The summed E-state index contributed by atoms with van der Waals surface area (Å²) in [4.78, 5) is 15.0. The molecule has 17 heteroatoms. The predicted octanol–water partition coefficient (Wildman–Crippen LogP) is 9.04. The van der Waals surface area contributed by atoms with Crippen LogP contribution >= 0.6 is 7.82 Å². The molecule has 0 bridgehead atoms. The lowest BCUT2D eigenvalue weighted by molar-refractivity contribution is -0.204. The molecule has 0 saturated carbocycles. The third-order valence-electron chi connectivity index (χ3n) is 11.4. The average molecular weight is 883 g/mol. The van der Waals surface area contributed by atoms with E-state index in [9.17, 15) is 20.0 Å². The summed E-state index contributed by atoms with van der Waals surface area (Å²) in [7, 11) is -3.32. The highest BCUT2D eigenvalue weighted by molar-refractivity contribution is 7.47. The van der Waals surface area contributed by atoms with E-state index >= 15 is 0 Å². The Hall–Kier alpha value is -3.67. The first-order chi connectivity index (χ1) is 29.9. The van der Waals surface area contributed by atoms with Crippen molar-refractivity contribution < 1.29 is 46.9 Å². The summed E-state index contributed by atoms with van der Waals surface area (Å²) >= 11 is 0. The maximum atomic E-state index is 13.4. The fraction of sp³-hybridized carbons (Fsp3) is 0.689. The largest absolute Gasteiger partial charge is 0.495 e. The van der Waals surface area contributed by atoms with Crippen LogP contribution < -0.4 is 10.5 Å². The standard InChI is InChI=1S/C45H67N6O10P/c1-5-6-7-8-9-10-11-12-13-14-15-16-17-18-19-20-25-55-29-36(56-28-34-21-24-39(54-4)35(26-34)27-46)30-57-62(52,53)58-32-45(31-47)42-41(59-44(2,3)61-42)40(60-45)37-22-23-38-43(48)49-33-50-51(37)38/h21-24,26,33,36,40-42H,5-20,25,28-30,32H2,1-4H3,(H,52,53)(H2,48,49,50)/t36-,40+,41+,42+,45-/m1/s1. The van der Waals surface area contributed by atoms with Crippen LogP contribution in [0.5, 0.6) is 5.75 Å². The number of rotatable bonds is 30. The molecule has 2 aromatic heterocycles. The summed E-state index contributed by atoms with van der Waals surface area (Å²) in [6.07, 6.45) is 18.2. The minimum absolute atomic E-state index is 0.0691. The molecule has 2 saturated heterocycles. The molecule has 3 N–H and O–H groups in total. The molecule has 0 spiro atoms. The van der Waals surface area contributed by atoms with Gasteiger partial charge in [0.15, 0.2) is 11.6 Å². The lowest BCUT2D eigenvalue weighted by Gasteiger charge is -2.29. The van der Waals surface area contributed by atoms with Crippen LogP contribution in [0.25, 0.3) is 5.52 Å². The Morgan fingerprint density at radius 1 is 0.903 bits per heavy atom. The quantitative estimate of drug-likeness (QED) is 0.0472. The third kappa shape index (κ3) is 14.2. The number of unbranched alkanes of at least 4 members (excludes halogenated alkanes) is 15. The Balaban J connectivity index is 1.09. The van der Waals surface area contributed by atoms with Gasteiger partial charge in [-0.25, -0.2) is 14.1 Å². The van der Waals surface area contributed by atoms with Gasteiger partial charge in [-0.15, -0.1) is 0 Å². The Labute approximate surface area is 366 Å². The van der Waals surface area contributed by atoms with Gasteiger partial charge in [0.05, 0.1) is 38.2 Å². The highest BCUT2D eigenvalue weighted by atomic mass is 31.2. The van der Waals surface area contributed by atoms with E-state index in [0.717, 1.165) is 19.3 Å². The zero-order valence-electron chi connectivity index (χ0n) is 37.0. The first-order valence-corrected chi connectivity index (χ1v) is 23.9. The molecule has 1 aromatic carbocycles. The number of nitrogens with zero attached hydrogens (tertiary/aromatic N) is 5. The van der Waals surface area contributed by atoms with Crippen LogP contribution in [-0.4, -0.2) is 82.7 Å². The molecule has 16 nitrogen and oxygen atoms in total. The van der Waals surface area contributed by atoms with Crippen molar-refractivity contribution in [2.24, 2.45) is 0 Å². The second-order valence-corrected chi connectivity index (χ2v) is 18.2. The molecule has 2 aliphatic rings. The molecule has 1 unspecified atom stereocenters. The van der Waals surface area contributed by atoms with Crippen molar-refractivity contribution in [1.29, 1.82) is 10.5 Å². The lowest BCUT2D eigenvalue weighted by atomic mass is 9.96. The van der Waals surface area contributed by atoms with Crippen molar-refractivity contribution in [1.82, 2.24) is 14.6 Å². The molecule has 6 atom stereocenters. The zero-order chi connectivity index (χ0) is 44.4. The van der Waals surface area contributed by atoms with Crippen molar-refractivity contribution in [3.8, 4) is 17.9 Å². The Bertz CT molecular complexity index is 1970. The summed E-state index contributed by atoms with van der Waals surface area (Å²) in [6.45, 7) is 5.26. The number of nitriles is 2. The van der Waals surface area contributed by atoms with Crippen molar-refractivity contribution in [2.75, 3.05) is 39.3 Å². The van der Waals surface area contributed by atoms with Crippen LogP contribution in [0.2, 0.25) is 0 Å². The number of phosphoric acid groups is 1. The highest BCUT2D eigenvalue weighted by Crippen LogP contribution is 2.52. The van der Waals surface area contributed by atoms with E-state index in [0.29, 0.717) is 34.7 Å². The van der Waals surface area contributed by atoms with Crippen LogP contribution in [0.15, 0.2) is 36.7 Å². The van der Waals surface area contributed by atoms with Gasteiger partial charge in [0.1, 0.15) is 60.8 Å². The van der Waals surface area contributed by atoms with Crippen molar-refractivity contribution >= 4 is 19.2 Å². The summed E-state index contributed by atoms with van der Waals surface area (Å²) in [6, 6.07) is 12.8. The van der Waals surface area contributed by atoms with E-state index in [4.69, 9.17) is 43.2 Å². The lowest BCUT2D eigenvalue weighted by Crippen LogP contribution is -2.45. The minimum Gasteiger partial charge on any atom is -0.495 e. The van der Waals surface area contributed by atoms with Gasteiger partial charge in [0, 0.05) is 6.61 Å². The number of anilines is 1.